The molecule has 0 N–H and O–H groups in total. The topological polar surface area (TPSA) is 16.1 Å². The van der Waals surface area contributed by atoms with E-state index in [0.29, 0.717) is 5.88 Å². The summed E-state index contributed by atoms with van der Waals surface area (Å²) in [6.07, 6.45) is 6.46. The van der Waals surface area contributed by atoms with E-state index in [1.165, 1.54) is 50.3 Å². The molecule has 1 aromatic heterocycles. The van der Waals surface area contributed by atoms with E-state index in [9.17, 15) is 0 Å². The van der Waals surface area contributed by atoms with Crippen molar-refractivity contribution in [2.75, 3.05) is 19.6 Å². The van der Waals surface area contributed by atoms with Crippen molar-refractivity contribution >= 4 is 22.9 Å². The number of hydrogen-bond donors (Lipinski definition) is 0. The first-order valence-electron chi connectivity index (χ1n) is 6.99. The average Bonchev–Trinajstić information content (AvgIpc) is 2.83. The summed E-state index contributed by atoms with van der Waals surface area (Å²) >= 11 is 7.51. The van der Waals surface area contributed by atoms with Crippen LogP contribution in [0.1, 0.15) is 43.3 Å². The quantitative estimate of drug-likeness (QED) is 0.582. The molecule has 2 rings (SSSR count). The third-order valence-electron chi connectivity index (χ3n) is 3.59. The first kappa shape index (κ1) is 14.3. The normalized spacial score (nSPS) is 21.3. The minimum atomic E-state index is 0.544. The van der Waals surface area contributed by atoms with E-state index in [-0.39, 0.29) is 0 Å². The highest BCUT2D eigenvalue weighted by Crippen LogP contribution is 2.17. The first-order valence-corrected chi connectivity index (χ1v) is 8.41. The van der Waals surface area contributed by atoms with Gasteiger partial charge in [0.2, 0.25) is 0 Å². The molecular formula is C14H23ClN2S. The summed E-state index contributed by atoms with van der Waals surface area (Å²) in [5.74, 6) is 1.44. The molecule has 102 valence electrons. The van der Waals surface area contributed by atoms with Crippen LogP contribution in [-0.4, -0.2) is 29.5 Å². The lowest BCUT2D eigenvalue weighted by atomic mass is 10.00. The van der Waals surface area contributed by atoms with Crippen molar-refractivity contribution in [3.63, 3.8) is 0 Å². The smallest absolute Gasteiger partial charge is 0.0928 e. The lowest BCUT2D eigenvalue weighted by Crippen LogP contribution is -2.34. The summed E-state index contributed by atoms with van der Waals surface area (Å²) in [6, 6.07) is 0. The van der Waals surface area contributed by atoms with Crippen molar-refractivity contribution in [3.05, 3.63) is 16.1 Å². The average molecular weight is 287 g/mol. The van der Waals surface area contributed by atoms with Crippen LogP contribution in [0.3, 0.4) is 0 Å². The number of rotatable bonds is 6. The van der Waals surface area contributed by atoms with Gasteiger partial charge in [0.05, 0.1) is 16.6 Å². The van der Waals surface area contributed by atoms with Crippen LogP contribution in [0.2, 0.25) is 0 Å². The Hall–Kier alpha value is -0.120. The van der Waals surface area contributed by atoms with E-state index >= 15 is 0 Å². The Bertz CT molecular complexity index is 353. The molecule has 0 amide bonds. The van der Waals surface area contributed by atoms with Gasteiger partial charge in [-0.3, -0.25) is 0 Å². The summed E-state index contributed by atoms with van der Waals surface area (Å²) < 4.78 is 0. The zero-order valence-corrected chi connectivity index (χ0v) is 12.8. The molecule has 0 spiro atoms. The van der Waals surface area contributed by atoms with E-state index in [4.69, 9.17) is 11.6 Å². The van der Waals surface area contributed by atoms with Gasteiger partial charge in [-0.15, -0.1) is 22.9 Å². The maximum Gasteiger partial charge on any atom is 0.0928 e. The van der Waals surface area contributed by atoms with Crippen molar-refractivity contribution in [2.24, 2.45) is 5.92 Å². The van der Waals surface area contributed by atoms with Crippen LogP contribution in [0.25, 0.3) is 0 Å². The maximum absolute atomic E-state index is 5.75. The molecule has 2 nitrogen and oxygen atoms in total. The fourth-order valence-electron chi connectivity index (χ4n) is 2.63. The van der Waals surface area contributed by atoms with Gasteiger partial charge in [0.25, 0.3) is 0 Å². The van der Waals surface area contributed by atoms with Gasteiger partial charge in [0.1, 0.15) is 0 Å². The first-order chi connectivity index (χ1) is 8.78. The Balaban J connectivity index is 1.60. The molecule has 1 atom stereocenters. The molecule has 1 aromatic rings. The van der Waals surface area contributed by atoms with E-state index < -0.39 is 0 Å². The number of nitrogens with zero attached hydrogens (tertiary/aromatic N) is 2. The monoisotopic (exact) mass is 286 g/mol. The summed E-state index contributed by atoms with van der Waals surface area (Å²) in [7, 11) is 0. The molecule has 2 heterocycles. The summed E-state index contributed by atoms with van der Waals surface area (Å²) in [6.45, 7) is 6.24. The number of thiazole rings is 1. The number of unbranched alkanes of at least 4 members (excludes halogenated alkanes) is 1. The zero-order valence-electron chi connectivity index (χ0n) is 11.2. The Morgan fingerprint density at radius 3 is 3.11 bits per heavy atom. The van der Waals surface area contributed by atoms with Crippen LogP contribution in [0.5, 0.6) is 0 Å². The van der Waals surface area contributed by atoms with Gasteiger partial charge >= 0.3 is 0 Å². The standard InChI is InChI=1S/C14H23ClN2S/c1-12-5-4-8-17(10-12)7-3-2-6-14-16-13(9-15)11-18-14/h11-12H,2-10H2,1H3. The number of aryl methyl sites for hydroxylation is 1. The Morgan fingerprint density at radius 1 is 1.50 bits per heavy atom. The number of alkyl halides is 1. The predicted molar refractivity (Wildman–Crippen MR) is 79.4 cm³/mol. The molecule has 0 aliphatic carbocycles. The van der Waals surface area contributed by atoms with E-state index in [0.717, 1.165) is 18.0 Å². The van der Waals surface area contributed by atoms with Gasteiger partial charge in [0.15, 0.2) is 0 Å². The van der Waals surface area contributed by atoms with Gasteiger partial charge in [-0.05, 0) is 51.1 Å². The molecule has 0 radical (unpaired) electrons. The van der Waals surface area contributed by atoms with Crippen molar-refractivity contribution in [1.29, 1.82) is 0 Å². The Morgan fingerprint density at radius 2 is 2.39 bits per heavy atom. The van der Waals surface area contributed by atoms with Gasteiger partial charge in [0, 0.05) is 11.9 Å². The van der Waals surface area contributed by atoms with Crippen molar-refractivity contribution in [2.45, 2.75) is 44.9 Å². The largest absolute Gasteiger partial charge is 0.303 e. The zero-order chi connectivity index (χ0) is 12.8. The highest BCUT2D eigenvalue weighted by atomic mass is 35.5. The van der Waals surface area contributed by atoms with Gasteiger partial charge in [-0.25, -0.2) is 4.98 Å². The second-order valence-electron chi connectivity index (χ2n) is 5.37. The minimum Gasteiger partial charge on any atom is -0.303 e. The fraction of sp³-hybridized carbons (Fsp3) is 0.786. The molecule has 0 saturated carbocycles. The Kier molecular flexibility index (Phi) is 5.93. The summed E-state index contributed by atoms with van der Waals surface area (Å²) in [5, 5.41) is 3.33. The van der Waals surface area contributed by atoms with E-state index in [2.05, 4.69) is 22.2 Å². The van der Waals surface area contributed by atoms with Crippen LogP contribution >= 0.6 is 22.9 Å². The van der Waals surface area contributed by atoms with Crippen molar-refractivity contribution < 1.29 is 0 Å². The maximum atomic E-state index is 5.75. The molecule has 1 unspecified atom stereocenters. The van der Waals surface area contributed by atoms with Crippen LogP contribution in [0.4, 0.5) is 0 Å². The summed E-state index contributed by atoms with van der Waals surface area (Å²) in [5.41, 5.74) is 1.03. The molecular weight excluding hydrogens is 264 g/mol. The molecule has 0 bridgehead atoms. The van der Waals surface area contributed by atoms with E-state index in [1.54, 1.807) is 11.3 Å². The molecule has 1 fully saturated rings. The lowest BCUT2D eigenvalue weighted by molar-refractivity contribution is 0.181. The highest BCUT2D eigenvalue weighted by Gasteiger charge is 2.15. The van der Waals surface area contributed by atoms with Gasteiger partial charge in [-0.2, -0.15) is 0 Å². The molecule has 1 aliphatic rings. The second kappa shape index (κ2) is 7.46. The molecule has 18 heavy (non-hydrogen) atoms. The highest BCUT2D eigenvalue weighted by molar-refractivity contribution is 7.09. The van der Waals surface area contributed by atoms with Crippen LogP contribution < -0.4 is 0 Å². The number of piperidine rings is 1. The second-order valence-corrected chi connectivity index (χ2v) is 6.58. The number of likely N-dealkylation sites (tertiary alicyclic amines) is 1. The molecule has 0 aromatic carbocycles. The van der Waals surface area contributed by atoms with Gasteiger partial charge < -0.3 is 4.90 Å². The Labute approximate surface area is 119 Å². The minimum absolute atomic E-state index is 0.544. The van der Waals surface area contributed by atoms with Crippen molar-refractivity contribution in [3.8, 4) is 0 Å². The summed E-state index contributed by atoms with van der Waals surface area (Å²) in [4.78, 5) is 7.12. The van der Waals surface area contributed by atoms with Crippen molar-refractivity contribution in [1.82, 2.24) is 9.88 Å². The lowest BCUT2D eigenvalue weighted by Gasteiger charge is -2.30. The van der Waals surface area contributed by atoms with Crippen LogP contribution in [0, 0.1) is 5.92 Å². The predicted octanol–water partition coefficient (Wildman–Crippen LogP) is 3.94. The fourth-order valence-corrected chi connectivity index (χ4v) is 3.70. The van der Waals surface area contributed by atoms with E-state index in [1.807, 2.05) is 0 Å². The third kappa shape index (κ3) is 4.52. The molecule has 1 aliphatic heterocycles. The third-order valence-corrected chi connectivity index (χ3v) is 4.82. The number of aromatic nitrogens is 1. The van der Waals surface area contributed by atoms with Crippen LogP contribution in [0.15, 0.2) is 5.38 Å². The number of halogens is 1. The van der Waals surface area contributed by atoms with Gasteiger partial charge in [-0.1, -0.05) is 6.92 Å². The SMILES string of the molecule is CC1CCCN(CCCCc2nc(CCl)cs2)C1. The molecule has 1 saturated heterocycles. The molecule has 4 heteroatoms. The van der Waals surface area contributed by atoms with Crippen LogP contribution in [-0.2, 0) is 12.3 Å². The number of hydrogen-bond acceptors (Lipinski definition) is 3.